The van der Waals surface area contributed by atoms with Crippen molar-refractivity contribution in [2.75, 3.05) is 20.6 Å². The number of amides is 3. The number of hydrogen-bond acceptors (Lipinski definition) is 4. The third-order valence-corrected chi connectivity index (χ3v) is 2.83. The summed E-state index contributed by atoms with van der Waals surface area (Å²) in [7, 11) is 2.90. The van der Waals surface area contributed by atoms with E-state index < -0.39 is 29.9 Å². The fourth-order valence-electron chi connectivity index (χ4n) is 1.61. The van der Waals surface area contributed by atoms with Crippen molar-refractivity contribution in [2.45, 2.75) is 25.8 Å². The minimum Gasteiger partial charge on any atom is -0.481 e. The first-order valence-corrected chi connectivity index (χ1v) is 6.36. The molecule has 9 heteroatoms. The predicted octanol–water partition coefficient (Wildman–Crippen LogP) is -0.672. The van der Waals surface area contributed by atoms with Gasteiger partial charge in [-0.15, -0.1) is 0 Å². The highest BCUT2D eigenvalue weighted by Crippen LogP contribution is 2.02. The molecule has 2 unspecified atom stereocenters. The summed E-state index contributed by atoms with van der Waals surface area (Å²) in [5.74, 6) is -3.14. The van der Waals surface area contributed by atoms with Crippen LogP contribution in [0.2, 0.25) is 0 Å². The molecule has 0 aromatic heterocycles. The summed E-state index contributed by atoms with van der Waals surface area (Å²) in [5, 5.41) is 22.1. The van der Waals surface area contributed by atoms with Crippen molar-refractivity contribution in [3.8, 4) is 0 Å². The van der Waals surface area contributed by atoms with Gasteiger partial charge in [0.05, 0.1) is 5.92 Å². The van der Waals surface area contributed by atoms with Crippen molar-refractivity contribution in [1.82, 2.24) is 15.5 Å². The van der Waals surface area contributed by atoms with E-state index in [0.717, 1.165) is 0 Å². The molecule has 0 rings (SSSR count). The number of carboxylic acids is 2. The minimum absolute atomic E-state index is 0.108. The van der Waals surface area contributed by atoms with E-state index in [4.69, 9.17) is 10.2 Å². The highest BCUT2D eigenvalue weighted by atomic mass is 16.4. The molecule has 0 bridgehead atoms. The summed E-state index contributed by atoms with van der Waals surface area (Å²) in [4.78, 5) is 45.7. The molecule has 2 atom stereocenters. The summed E-state index contributed by atoms with van der Waals surface area (Å²) in [6, 6.07) is -1.96. The average Bonchev–Trinajstić information content (AvgIpc) is 2.41. The number of nitrogens with one attached hydrogen (secondary N) is 2. The molecule has 0 aliphatic heterocycles. The molecule has 4 N–H and O–H groups in total. The molecule has 3 amide bonds. The lowest BCUT2D eigenvalue weighted by Gasteiger charge is -2.23. The first-order valence-electron chi connectivity index (χ1n) is 6.36. The lowest BCUT2D eigenvalue weighted by Crippen LogP contribution is -2.48. The van der Waals surface area contributed by atoms with Crippen LogP contribution < -0.4 is 10.6 Å². The maximum absolute atomic E-state index is 11.8. The van der Waals surface area contributed by atoms with Crippen LogP contribution in [0.25, 0.3) is 0 Å². The predicted molar refractivity (Wildman–Crippen MR) is 72.7 cm³/mol. The molecule has 0 fully saturated rings. The van der Waals surface area contributed by atoms with Crippen LogP contribution in [0.5, 0.6) is 0 Å². The number of urea groups is 1. The highest BCUT2D eigenvalue weighted by Gasteiger charge is 2.24. The fourth-order valence-corrected chi connectivity index (χ4v) is 1.61. The molecule has 0 aliphatic rings. The number of rotatable bonds is 8. The lowest BCUT2D eigenvalue weighted by atomic mass is 10.1. The number of carbonyl (C=O) groups is 4. The van der Waals surface area contributed by atoms with Crippen LogP contribution in [-0.4, -0.2) is 65.7 Å². The molecule has 0 spiro atoms. The number of carbonyl (C=O) groups excluding carboxylic acids is 2. The molecule has 0 saturated heterocycles. The van der Waals surface area contributed by atoms with Crippen molar-refractivity contribution in [3.05, 3.63) is 0 Å². The molecule has 21 heavy (non-hydrogen) atoms. The summed E-state index contributed by atoms with van der Waals surface area (Å²) < 4.78 is 0. The zero-order valence-corrected chi connectivity index (χ0v) is 12.3. The first-order chi connectivity index (χ1) is 9.68. The van der Waals surface area contributed by atoms with Gasteiger partial charge < -0.3 is 25.7 Å². The third-order valence-electron chi connectivity index (χ3n) is 2.83. The summed E-state index contributed by atoms with van der Waals surface area (Å²) in [6.45, 7) is 1.73. The van der Waals surface area contributed by atoms with E-state index in [1.165, 1.54) is 19.0 Å². The average molecular weight is 303 g/mol. The second kappa shape index (κ2) is 8.77. The van der Waals surface area contributed by atoms with Gasteiger partial charge in [0, 0.05) is 27.1 Å². The number of carboxylic acid groups (broad SMARTS) is 2. The van der Waals surface area contributed by atoms with E-state index >= 15 is 0 Å². The van der Waals surface area contributed by atoms with Gasteiger partial charge in [-0.05, 0) is 6.42 Å². The van der Waals surface area contributed by atoms with Gasteiger partial charge in [0.25, 0.3) is 0 Å². The minimum atomic E-state index is -1.31. The van der Waals surface area contributed by atoms with Gasteiger partial charge in [-0.25, -0.2) is 9.59 Å². The van der Waals surface area contributed by atoms with Gasteiger partial charge in [0.2, 0.25) is 5.91 Å². The summed E-state index contributed by atoms with van der Waals surface area (Å²) in [5.41, 5.74) is 0. The fraction of sp³-hybridized carbons (Fsp3) is 0.667. The summed E-state index contributed by atoms with van der Waals surface area (Å²) in [6.07, 6.45) is -0.579. The smallest absolute Gasteiger partial charge is 0.326 e. The van der Waals surface area contributed by atoms with E-state index in [-0.39, 0.29) is 25.3 Å². The molecule has 9 nitrogen and oxygen atoms in total. The van der Waals surface area contributed by atoms with Crippen LogP contribution in [-0.2, 0) is 14.4 Å². The Bertz CT molecular complexity index is 412. The van der Waals surface area contributed by atoms with Crippen LogP contribution in [0.1, 0.15) is 19.8 Å². The second-order valence-electron chi connectivity index (χ2n) is 4.67. The maximum atomic E-state index is 11.8. The van der Waals surface area contributed by atoms with Gasteiger partial charge in [-0.3, -0.25) is 9.59 Å². The van der Waals surface area contributed by atoms with E-state index in [2.05, 4.69) is 10.6 Å². The molecular formula is C12H21N3O6. The van der Waals surface area contributed by atoms with Crippen molar-refractivity contribution in [1.29, 1.82) is 0 Å². The quantitative estimate of drug-likeness (QED) is 0.469. The van der Waals surface area contributed by atoms with Crippen molar-refractivity contribution in [3.63, 3.8) is 0 Å². The first kappa shape index (κ1) is 18.7. The Labute approximate surface area is 122 Å². The van der Waals surface area contributed by atoms with Crippen molar-refractivity contribution >= 4 is 23.9 Å². The van der Waals surface area contributed by atoms with Crippen LogP contribution in [0.4, 0.5) is 4.79 Å². The van der Waals surface area contributed by atoms with Crippen LogP contribution in [0, 0.1) is 5.92 Å². The molecular weight excluding hydrogens is 282 g/mol. The Morgan fingerprint density at radius 1 is 1.19 bits per heavy atom. The lowest BCUT2D eigenvalue weighted by molar-refractivity contribution is -0.140. The molecule has 0 aromatic rings. The van der Waals surface area contributed by atoms with E-state index in [1.807, 2.05) is 0 Å². The molecule has 0 aromatic carbocycles. The van der Waals surface area contributed by atoms with Crippen LogP contribution >= 0.6 is 0 Å². The third kappa shape index (κ3) is 7.14. The normalized spacial score (nSPS) is 12.9. The maximum Gasteiger partial charge on any atom is 0.326 e. The Kier molecular flexibility index (Phi) is 7.80. The molecule has 0 saturated carbocycles. The topological polar surface area (TPSA) is 136 Å². The van der Waals surface area contributed by atoms with Gasteiger partial charge in [0.15, 0.2) is 0 Å². The zero-order chi connectivity index (χ0) is 16.6. The molecule has 0 heterocycles. The van der Waals surface area contributed by atoms with Crippen LogP contribution in [0.3, 0.4) is 0 Å². The zero-order valence-electron chi connectivity index (χ0n) is 12.3. The standard InChI is InChI=1S/C12H21N3O6/c1-7(10(18)13-2)6-15(3)12(21)14-8(11(19)20)4-5-9(16)17/h7-8H,4-6H2,1-3H3,(H,13,18)(H,14,21)(H,16,17)(H,19,20). The Balaban J connectivity index is 4.50. The molecule has 0 aliphatic carbocycles. The number of nitrogens with zero attached hydrogens (tertiary/aromatic N) is 1. The van der Waals surface area contributed by atoms with Crippen molar-refractivity contribution < 1.29 is 29.4 Å². The second-order valence-corrected chi connectivity index (χ2v) is 4.67. The van der Waals surface area contributed by atoms with E-state index in [9.17, 15) is 19.2 Å². The summed E-state index contributed by atoms with van der Waals surface area (Å²) >= 11 is 0. The van der Waals surface area contributed by atoms with E-state index in [0.29, 0.717) is 0 Å². The SMILES string of the molecule is CNC(=O)C(C)CN(C)C(=O)NC(CCC(=O)O)C(=O)O. The molecule has 0 radical (unpaired) electrons. The Morgan fingerprint density at radius 3 is 2.19 bits per heavy atom. The molecule has 120 valence electrons. The number of hydrogen-bond donors (Lipinski definition) is 4. The Morgan fingerprint density at radius 2 is 1.76 bits per heavy atom. The number of aliphatic carboxylic acids is 2. The largest absolute Gasteiger partial charge is 0.481 e. The van der Waals surface area contributed by atoms with Gasteiger partial charge >= 0.3 is 18.0 Å². The van der Waals surface area contributed by atoms with Crippen molar-refractivity contribution in [2.24, 2.45) is 5.92 Å². The van der Waals surface area contributed by atoms with E-state index in [1.54, 1.807) is 6.92 Å². The van der Waals surface area contributed by atoms with Crippen LogP contribution in [0.15, 0.2) is 0 Å². The monoisotopic (exact) mass is 303 g/mol. The van der Waals surface area contributed by atoms with Gasteiger partial charge in [0.1, 0.15) is 6.04 Å². The van der Waals surface area contributed by atoms with Gasteiger partial charge in [-0.2, -0.15) is 0 Å². The highest BCUT2D eigenvalue weighted by molar-refractivity contribution is 5.83. The van der Waals surface area contributed by atoms with Gasteiger partial charge in [-0.1, -0.05) is 6.92 Å². The Hall–Kier alpha value is -2.32.